The highest BCUT2D eigenvalue weighted by Gasteiger charge is 2.39. The molecule has 0 saturated carbocycles. The van der Waals surface area contributed by atoms with E-state index in [0.717, 1.165) is 24.4 Å². The maximum absolute atomic E-state index is 11.8. The number of piperidine rings is 1. The number of aliphatic hydroxyl groups is 1. The second kappa shape index (κ2) is 9.80. The molecule has 0 spiro atoms. The molecule has 1 saturated heterocycles. The van der Waals surface area contributed by atoms with Gasteiger partial charge in [0.1, 0.15) is 5.75 Å². The number of urea groups is 1. The van der Waals surface area contributed by atoms with E-state index in [1.54, 1.807) is 6.20 Å². The lowest BCUT2D eigenvalue weighted by molar-refractivity contribution is 0.170. The smallest absolute Gasteiger partial charge is 0.314 e. The fourth-order valence-corrected chi connectivity index (χ4v) is 4.01. The molecule has 162 valence electrons. The molecule has 30 heavy (non-hydrogen) atoms. The van der Waals surface area contributed by atoms with Gasteiger partial charge in [0.2, 0.25) is 5.88 Å². The summed E-state index contributed by atoms with van der Waals surface area (Å²) in [6.07, 6.45) is 2.74. The van der Waals surface area contributed by atoms with Gasteiger partial charge in [0.15, 0.2) is 0 Å². The van der Waals surface area contributed by atoms with Crippen molar-refractivity contribution in [3.8, 4) is 11.6 Å². The Labute approximate surface area is 178 Å². The van der Waals surface area contributed by atoms with Crippen LogP contribution in [-0.4, -0.2) is 48.4 Å². The van der Waals surface area contributed by atoms with Crippen molar-refractivity contribution in [2.24, 2.45) is 11.3 Å². The van der Waals surface area contributed by atoms with Gasteiger partial charge in [0, 0.05) is 43.6 Å². The Morgan fingerprint density at radius 2 is 2.00 bits per heavy atom. The van der Waals surface area contributed by atoms with Crippen LogP contribution in [0.25, 0.3) is 0 Å². The van der Waals surface area contributed by atoms with Gasteiger partial charge in [-0.3, -0.25) is 0 Å². The van der Waals surface area contributed by atoms with Gasteiger partial charge >= 0.3 is 6.03 Å². The van der Waals surface area contributed by atoms with Crippen LogP contribution in [0.3, 0.4) is 0 Å². The summed E-state index contributed by atoms with van der Waals surface area (Å²) in [5.41, 5.74) is 1.24. The van der Waals surface area contributed by atoms with Crippen LogP contribution in [0.2, 0.25) is 0 Å². The topological polar surface area (TPSA) is 86.7 Å². The fourth-order valence-electron chi connectivity index (χ4n) is 4.01. The Balaban J connectivity index is 1.66. The van der Waals surface area contributed by atoms with Crippen LogP contribution in [0, 0.1) is 11.3 Å². The molecule has 0 aliphatic carbocycles. The van der Waals surface area contributed by atoms with E-state index in [2.05, 4.69) is 53.4 Å². The van der Waals surface area contributed by atoms with E-state index < -0.39 is 0 Å². The zero-order chi connectivity index (χ0) is 21.6. The number of anilines is 1. The third-order valence-corrected chi connectivity index (χ3v) is 5.85. The monoisotopic (exact) mass is 412 g/mol. The first-order valence-electron chi connectivity index (χ1n) is 10.5. The number of aliphatic hydroxyl groups excluding tert-OH is 1. The van der Waals surface area contributed by atoms with Crippen LogP contribution < -0.4 is 20.3 Å². The number of amides is 2. The molecule has 1 aromatic carbocycles. The number of carbonyl (C=O) groups excluding carboxylic acids is 1. The van der Waals surface area contributed by atoms with Gasteiger partial charge in [0.05, 0.1) is 6.61 Å². The van der Waals surface area contributed by atoms with Crippen molar-refractivity contribution in [1.29, 1.82) is 0 Å². The van der Waals surface area contributed by atoms with E-state index in [9.17, 15) is 4.79 Å². The van der Waals surface area contributed by atoms with Gasteiger partial charge < -0.3 is 25.4 Å². The third-order valence-electron chi connectivity index (χ3n) is 5.85. The zero-order valence-corrected chi connectivity index (χ0v) is 18.0. The number of ether oxygens (including phenoxy) is 1. The van der Waals surface area contributed by atoms with E-state index >= 15 is 0 Å². The van der Waals surface area contributed by atoms with E-state index in [1.165, 1.54) is 0 Å². The summed E-state index contributed by atoms with van der Waals surface area (Å²) in [7, 11) is 0. The maximum atomic E-state index is 11.8. The first kappa shape index (κ1) is 21.9. The lowest BCUT2D eigenvalue weighted by Crippen LogP contribution is -2.54. The number of rotatable bonds is 7. The molecule has 1 aromatic heterocycles. The van der Waals surface area contributed by atoms with Crippen molar-refractivity contribution < 1.29 is 14.6 Å². The zero-order valence-electron chi connectivity index (χ0n) is 18.0. The number of pyridine rings is 1. The molecule has 2 amide bonds. The molecule has 1 fully saturated rings. The predicted molar refractivity (Wildman–Crippen MR) is 118 cm³/mol. The molecule has 2 unspecified atom stereocenters. The summed E-state index contributed by atoms with van der Waals surface area (Å²) in [5.74, 6) is 1.66. The summed E-state index contributed by atoms with van der Waals surface area (Å²) in [4.78, 5) is 18.4. The number of hydrogen-bond acceptors (Lipinski definition) is 5. The van der Waals surface area contributed by atoms with Crippen LogP contribution in [0.15, 0.2) is 48.7 Å². The molecule has 2 atom stereocenters. The Morgan fingerprint density at radius 3 is 2.67 bits per heavy atom. The Bertz CT molecular complexity index is 811. The van der Waals surface area contributed by atoms with Crippen molar-refractivity contribution in [2.45, 2.75) is 33.2 Å². The molecule has 3 rings (SSSR count). The van der Waals surface area contributed by atoms with Crippen LogP contribution in [0.1, 0.15) is 27.2 Å². The SMILES string of the molecule is CC1N(c2ccc(Oc3ccccn3)cc2)CC(CNC(=O)NCCO)CC1(C)C. The average molecular weight is 413 g/mol. The highest BCUT2D eigenvalue weighted by atomic mass is 16.5. The number of aromatic nitrogens is 1. The normalized spacial score (nSPS) is 20.5. The van der Waals surface area contributed by atoms with Gasteiger partial charge in [-0.2, -0.15) is 0 Å². The Kier molecular flexibility index (Phi) is 7.15. The number of carbonyl (C=O) groups is 1. The Morgan fingerprint density at radius 1 is 1.23 bits per heavy atom. The lowest BCUT2D eigenvalue weighted by atomic mass is 9.73. The molecule has 7 heteroatoms. The minimum absolute atomic E-state index is 0.0603. The molecule has 0 bridgehead atoms. The van der Waals surface area contributed by atoms with Gasteiger partial charge in [-0.05, 0) is 55.0 Å². The molecular weight excluding hydrogens is 380 g/mol. The van der Waals surface area contributed by atoms with Crippen LogP contribution >= 0.6 is 0 Å². The summed E-state index contributed by atoms with van der Waals surface area (Å²) in [5, 5.41) is 14.4. The fraction of sp³-hybridized carbons (Fsp3) is 0.478. The maximum Gasteiger partial charge on any atom is 0.314 e. The molecule has 3 N–H and O–H groups in total. The number of nitrogens with zero attached hydrogens (tertiary/aromatic N) is 2. The third kappa shape index (κ3) is 5.63. The van der Waals surface area contributed by atoms with Crippen molar-refractivity contribution in [2.75, 3.05) is 31.1 Å². The minimum atomic E-state index is -0.233. The summed E-state index contributed by atoms with van der Waals surface area (Å²) >= 11 is 0. The van der Waals surface area contributed by atoms with Gasteiger partial charge in [0.25, 0.3) is 0 Å². The highest BCUT2D eigenvalue weighted by Crippen LogP contribution is 2.40. The van der Waals surface area contributed by atoms with Crippen molar-refractivity contribution >= 4 is 11.7 Å². The molecule has 0 radical (unpaired) electrons. The molecule has 1 aliphatic rings. The number of nitrogens with one attached hydrogen (secondary N) is 2. The van der Waals surface area contributed by atoms with E-state index in [1.807, 2.05) is 30.3 Å². The molecule has 2 heterocycles. The molecule has 7 nitrogen and oxygen atoms in total. The quantitative estimate of drug-likeness (QED) is 0.649. The summed E-state index contributed by atoms with van der Waals surface area (Å²) in [6.45, 7) is 8.49. The lowest BCUT2D eigenvalue weighted by Gasteiger charge is -2.49. The first-order valence-corrected chi connectivity index (χ1v) is 10.5. The molecule has 2 aromatic rings. The Hall–Kier alpha value is -2.80. The predicted octanol–water partition coefficient (Wildman–Crippen LogP) is 3.41. The average Bonchev–Trinajstić information content (AvgIpc) is 2.74. The van der Waals surface area contributed by atoms with Gasteiger partial charge in [-0.1, -0.05) is 19.9 Å². The molecule has 1 aliphatic heterocycles. The summed E-state index contributed by atoms with van der Waals surface area (Å²) < 4.78 is 5.80. The van der Waals surface area contributed by atoms with E-state index in [-0.39, 0.29) is 24.6 Å². The van der Waals surface area contributed by atoms with Crippen molar-refractivity contribution in [1.82, 2.24) is 15.6 Å². The van der Waals surface area contributed by atoms with E-state index in [4.69, 9.17) is 9.84 Å². The minimum Gasteiger partial charge on any atom is -0.439 e. The second-order valence-electron chi connectivity index (χ2n) is 8.51. The highest BCUT2D eigenvalue weighted by molar-refractivity contribution is 5.73. The molecular formula is C23H32N4O3. The standard InChI is InChI=1S/C23H32N4O3/c1-17-23(2,3)14-18(15-26-22(29)25-12-13-28)16-27(17)19-7-9-20(10-8-19)30-21-6-4-5-11-24-21/h4-11,17-18,28H,12-16H2,1-3H3,(H2,25,26,29). The second-order valence-corrected chi connectivity index (χ2v) is 8.51. The van der Waals surface area contributed by atoms with Crippen molar-refractivity contribution in [3.05, 3.63) is 48.7 Å². The first-order chi connectivity index (χ1) is 14.4. The van der Waals surface area contributed by atoms with Gasteiger partial charge in [-0.15, -0.1) is 0 Å². The largest absolute Gasteiger partial charge is 0.439 e. The number of hydrogen-bond donors (Lipinski definition) is 3. The van der Waals surface area contributed by atoms with Crippen LogP contribution in [0.4, 0.5) is 10.5 Å². The van der Waals surface area contributed by atoms with Crippen LogP contribution in [0.5, 0.6) is 11.6 Å². The van der Waals surface area contributed by atoms with Gasteiger partial charge in [-0.25, -0.2) is 9.78 Å². The van der Waals surface area contributed by atoms with E-state index in [0.29, 0.717) is 24.4 Å². The van der Waals surface area contributed by atoms with Crippen LogP contribution in [-0.2, 0) is 0 Å². The van der Waals surface area contributed by atoms with Crippen molar-refractivity contribution in [3.63, 3.8) is 0 Å². The summed E-state index contributed by atoms with van der Waals surface area (Å²) in [6, 6.07) is 13.8. The number of benzene rings is 1.